The van der Waals surface area contributed by atoms with Crippen LogP contribution in [0.5, 0.6) is 0 Å². The van der Waals surface area contributed by atoms with E-state index in [0.29, 0.717) is 5.92 Å². The topological polar surface area (TPSA) is 29.5 Å². The summed E-state index contributed by atoms with van der Waals surface area (Å²) in [5.74, 6) is 0.798. The molecular formula is C14H30O2. The van der Waals surface area contributed by atoms with Gasteiger partial charge in [0, 0.05) is 5.92 Å². The molecule has 3 atom stereocenters. The fraction of sp³-hybridized carbons (Fsp3) is 1.00. The SMILES string of the molecule is CCCC(C)C(CCC)C(O)OC(C)(C)C. The molecular weight excluding hydrogens is 200 g/mol. The first-order chi connectivity index (χ1) is 7.31. The highest BCUT2D eigenvalue weighted by molar-refractivity contribution is 4.71. The van der Waals surface area contributed by atoms with Crippen LogP contribution >= 0.6 is 0 Å². The van der Waals surface area contributed by atoms with Gasteiger partial charge in [-0.2, -0.15) is 0 Å². The standard InChI is InChI=1S/C14H30O2/c1-7-9-11(3)12(10-8-2)13(15)16-14(4,5)6/h11-13,15H,7-10H2,1-6H3. The van der Waals surface area contributed by atoms with Gasteiger partial charge in [-0.3, -0.25) is 0 Å². The summed E-state index contributed by atoms with van der Waals surface area (Å²) >= 11 is 0. The zero-order valence-corrected chi connectivity index (χ0v) is 11.9. The maximum Gasteiger partial charge on any atom is 0.158 e. The van der Waals surface area contributed by atoms with Crippen LogP contribution in [0.2, 0.25) is 0 Å². The van der Waals surface area contributed by atoms with E-state index in [1.54, 1.807) is 0 Å². The second-order valence-electron chi connectivity index (χ2n) is 5.84. The Kier molecular flexibility index (Phi) is 7.25. The summed E-state index contributed by atoms with van der Waals surface area (Å²) in [6.07, 6.45) is 3.85. The summed E-state index contributed by atoms with van der Waals surface area (Å²) in [7, 11) is 0. The van der Waals surface area contributed by atoms with Gasteiger partial charge >= 0.3 is 0 Å². The molecule has 0 rings (SSSR count). The molecule has 0 amide bonds. The van der Waals surface area contributed by atoms with E-state index in [2.05, 4.69) is 20.8 Å². The lowest BCUT2D eigenvalue weighted by Gasteiger charge is -2.33. The predicted octanol–water partition coefficient (Wildman–Crippen LogP) is 3.97. The zero-order chi connectivity index (χ0) is 12.8. The van der Waals surface area contributed by atoms with Crippen LogP contribution in [0.15, 0.2) is 0 Å². The number of hydrogen-bond acceptors (Lipinski definition) is 2. The molecule has 0 bridgehead atoms. The molecule has 0 aliphatic heterocycles. The van der Waals surface area contributed by atoms with E-state index in [1.165, 1.54) is 6.42 Å². The Balaban J connectivity index is 4.39. The fourth-order valence-corrected chi connectivity index (χ4v) is 2.16. The van der Waals surface area contributed by atoms with E-state index in [0.717, 1.165) is 19.3 Å². The molecule has 0 radical (unpaired) electrons. The van der Waals surface area contributed by atoms with E-state index in [4.69, 9.17) is 4.74 Å². The fourth-order valence-electron chi connectivity index (χ4n) is 2.16. The molecule has 0 saturated heterocycles. The first-order valence-electron chi connectivity index (χ1n) is 6.67. The van der Waals surface area contributed by atoms with Crippen LogP contribution in [0.25, 0.3) is 0 Å². The van der Waals surface area contributed by atoms with Gasteiger partial charge in [-0.1, -0.05) is 40.0 Å². The van der Waals surface area contributed by atoms with Crippen LogP contribution < -0.4 is 0 Å². The number of aliphatic hydroxyl groups excluding tert-OH is 1. The smallest absolute Gasteiger partial charge is 0.158 e. The molecule has 16 heavy (non-hydrogen) atoms. The molecule has 0 heterocycles. The first-order valence-corrected chi connectivity index (χ1v) is 6.67. The van der Waals surface area contributed by atoms with Gasteiger partial charge in [0.1, 0.15) is 0 Å². The molecule has 1 N–H and O–H groups in total. The third kappa shape index (κ3) is 6.49. The van der Waals surface area contributed by atoms with Crippen LogP contribution in [0, 0.1) is 11.8 Å². The molecule has 98 valence electrons. The summed E-state index contributed by atoms with van der Waals surface area (Å²) in [6, 6.07) is 0. The van der Waals surface area contributed by atoms with Gasteiger partial charge in [-0.25, -0.2) is 0 Å². The highest BCUT2D eigenvalue weighted by Gasteiger charge is 2.28. The molecule has 3 unspecified atom stereocenters. The minimum atomic E-state index is -0.624. The maximum absolute atomic E-state index is 10.2. The molecule has 0 aliphatic rings. The van der Waals surface area contributed by atoms with Crippen LogP contribution in [-0.4, -0.2) is 17.0 Å². The van der Waals surface area contributed by atoms with Crippen LogP contribution in [0.4, 0.5) is 0 Å². The monoisotopic (exact) mass is 230 g/mol. The van der Waals surface area contributed by atoms with Gasteiger partial charge in [0.05, 0.1) is 5.60 Å². The van der Waals surface area contributed by atoms with Gasteiger partial charge in [-0.15, -0.1) is 0 Å². The number of ether oxygens (including phenoxy) is 1. The van der Waals surface area contributed by atoms with Gasteiger partial charge in [0.15, 0.2) is 6.29 Å². The predicted molar refractivity (Wildman–Crippen MR) is 69.3 cm³/mol. The van der Waals surface area contributed by atoms with Crippen molar-refractivity contribution >= 4 is 0 Å². The Bertz CT molecular complexity index is 172. The van der Waals surface area contributed by atoms with Crippen molar-refractivity contribution < 1.29 is 9.84 Å². The average molecular weight is 230 g/mol. The summed E-state index contributed by atoms with van der Waals surface area (Å²) in [6.45, 7) is 12.5. The molecule has 0 spiro atoms. The lowest BCUT2D eigenvalue weighted by Crippen LogP contribution is -2.35. The molecule has 0 aromatic heterocycles. The number of aliphatic hydroxyl groups is 1. The minimum Gasteiger partial charge on any atom is -0.368 e. The van der Waals surface area contributed by atoms with Crippen molar-refractivity contribution in [1.29, 1.82) is 0 Å². The summed E-state index contributed by atoms with van der Waals surface area (Å²) < 4.78 is 5.68. The van der Waals surface area contributed by atoms with Gasteiger partial charge < -0.3 is 9.84 Å². The van der Waals surface area contributed by atoms with Crippen molar-refractivity contribution in [3.05, 3.63) is 0 Å². The van der Waals surface area contributed by atoms with Crippen molar-refractivity contribution in [3.63, 3.8) is 0 Å². The van der Waals surface area contributed by atoms with Crippen molar-refractivity contribution in [2.24, 2.45) is 11.8 Å². The summed E-state index contributed by atoms with van der Waals surface area (Å²) in [5.41, 5.74) is -0.267. The second-order valence-corrected chi connectivity index (χ2v) is 5.84. The Hall–Kier alpha value is -0.0800. The average Bonchev–Trinajstić information content (AvgIpc) is 2.11. The number of rotatable bonds is 7. The van der Waals surface area contributed by atoms with E-state index < -0.39 is 6.29 Å². The van der Waals surface area contributed by atoms with E-state index in [-0.39, 0.29) is 11.5 Å². The van der Waals surface area contributed by atoms with Gasteiger partial charge in [-0.05, 0) is 33.1 Å². The molecule has 2 heteroatoms. The Morgan fingerprint density at radius 1 is 1.06 bits per heavy atom. The van der Waals surface area contributed by atoms with Crippen LogP contribution in [0.3, 0.4) is 0 Å². The maximum atomic E-state index is 10.2. The highest BCUT2D eigenvalue weighted by atomic mass is 16.6. The van der Waals surface area contributed by atoms with E-state index in [9.17, 15) is 5.11 Å². The third-order valence-corrected chi connectivity index (χ3v) is 2.94. The second kappa shape index (κ2) is 7.29. The van der Waals surface area contributed by atoms with Crippen LogP contribution in [-0.2, 0) is 4.74 Å². The van der Waals surface area contributed by atoms with Crippen molar-refractivity contribution in [2.45, 2.75) is 79.1 Å². The third-order valence-electron chi connectivity index (χ3n) is 2.94. The molecule has 0 saturated carbocycles. The number of hydrogen-bond donors (Lipinski definition) is 1. The zero-order valence-electron chi connectivity index (χ0n) is 11.9. The van der Waals surface area contributed by atoms with E-state index >= 15 is 0 Å². The van der Waals surface area contributed by atoms with Crippen molar-refractivity contribution in [2.75, 3.05) is 0 Å². The minimum absolute atomic E-state index is 0.267. The van der Waals surface area contributed by atoms with Crippen molar-refractivity contribution in [3.8, 4) is 0 Å². The summed E-state index contributed by atoms with van der Waals surface area (Å²) in [5, 5.41) is 10.2. The normalized spacial score (nSPS) is 18.2. The van der Waals surface area contributed by atoms with Crippen LogP contribution in [0.1, 0.15) is 67.2 Å². The Morgan fingerprint density at radius 3 is 1.94 bits per heavy atom. The highest BCUT2D eigenvalue weighted by Crippen LogP contribution is 2.28. The lowest BCUT2D eigenvalue weighted by atomic mass is 9.86. The molecule has 0 aromatic rings. The van der Waals surface area contributed by atoms with Gasteiger partial charge in [0.2, 0.25) is 0 Å². The lowest BCUT2D eigenvalue weighted by molar-refractivity contribution is -0.201. The van der Waals surface area contributed by atoms with Crippen molar-refractivity contribution in [1.82, 2.24) is 0 Å². The largest absolute Gasteiger partial charge is 0.368 e. The first kappa shape index (κ1) is 15.9. The Labute approximate surface area is 101 Å². The quantitative estimate of drug-likeness (QED) is 0.670. The summed E-state index contributed by atoms with van der Waals surface area (Å²) in [4.78, 5) is 0. The molecule has 2 nitrogen and oxygen atoms in total. The van der Waals surface area contributed by atoms with Gasteiger partial charge in [0.25, 0.3) is 0 Å². The van der Waals surface area contributed by atoms with E-state index in [1.807, 2.05) is 20.8 Å². The Morgan fingerprint density at radius 2 is 1.56 bits per heavy atom. The molecule has 0 aromatic carbocycles. The molecule has 0 fully saturated rings. The molecule has 0 aliphatic carbocycles.